The number of nitrogens with one attached hydrogen (secondary N) is 1. The van der Waals surface area contributed by atoms with Crippen molar-refractivity contribution in [1.82, 2.24) is 14.5 Å². The molecule has 1 N–H and O–H groups in total. The number of likely N-dealkylation sites (N-methyl/N-ethyl adjacent to an activating group) is 1. The molecule has 3 rings (SSSR count). The minimum absolute atomic E-state index is 0.920. The summed E-state index contributed by atoms with van der Waals surface area (Å²) in [5.41, 5.74) is 2.56. The molecule has 0 aliphatic carbocycles. The third-order valence-electron chi connectivity index (χ3n) is 5.03. The van der Waals surface area contributed by atoms with E-state index in [4.69, 9.17) is 0 Å². The molecule has 0 fully saturated rings. The number of anilines is 1. The second-order valence-corrected chi connectivity index (χ2v) is 6.53. The van der Waals surface area contributed by atoms with E-state index < -0.39 is 0 Å². The maximum absolute atomic E-state index is 4.67. The third-order valence-corrected chi connectivity index (χ3v) is 5.03. The maximum atomic E-state index is 4.67. The van der Waals surface area contributed by atoms with Crippen LogP contribution >= 0.6 is 0 Å². The number of nitrogens with zero attached hydrogens (tertiary/aromatic N) is 3. The summed E-state index contributed by atoms with van der Waals surface area (Å²) in [6.07, 6.45) is 4.30. The Bertz CT molecular complexity index is 817. The predicted molar refractivity (Wildman–Crippen MR) is 108 cm³/mol. The topological polar surface area (TPSA) is 33.1 Å². The smallest absolute Gasteiger partial charge is 0.150 e. The molecule has 1 aromatic carbocycles. The van der Waals surface area contributed by atoms with Gasteiger partial charge in [-0.15, -0.1) is 0 Å². The van der Waals surface area contributed by atoms with Crippen molar-refractivity contribution < 1.29 is 0 Å². The van der Waals surface area contributed by atoms with Gasteiger partial charge in [-0.25, -0.2) is 4.98 Å². The highest BCUT2D eigenvalue weighted by Crippen LogP contribution is 2.32. The first-order valence-electron chi connectivity index (χ1n) is 9.62. The molecule has 0 aliphatic heterocycles. The third kappa shape index (κ3) is 3.64. The number of benzene rings is 1. The van der Waals surface area contributed by atoms with Crippen LogP contribution in [0.2, 0.25) is 0 Å². The molecule has 4 nitrogen and oxygen atoms in total. The molecule has 0 spiro atoms. The van der Waals surface area contributed by atoms with Gasteiger partial charge >= 0.3 is 0 Å². The Hall–Kier alpha value is -2.07. The van der Waals surface area contributed by atoms with Gasteiger partial charge in [-0.05, 0) is 31.6 Å². The van der Waals surface area contributed by atoms with E-state index in [1.807, 2.05) is 6.20 Å². The molecule has 0 bridgehead atoms. The van der Waals surface area contributed by atoms with Crippen LogP contribution in [0.3, 0.4) is 0 Å². The van der Waals surface area contributed by atoms with Gasteiger partial charge in [-0.2, -0.15) is 0 Å². The number of pyridine rings is 1. The SMILES string of the molecule is CCCCn1c2ccccc2c2ccnc(NCCN(CC)CC)c21. The van der Waals surface area contributed by atoms with Crippen LogP contribution in [0.15, 0.2) is 36.5 Å². The highest BCUT2D eigenvalue weighted by Gasteiger charge is 2.14. The van der Waals surface area contributed by atoms with E-state index in [1.165, 1.54) is 34.6 Å². The van der Waals surface area contributed by atoms with Crippen LogP contribution < -0.4 is 5.32 Å². The summed E-state index contributed by atoms with van der Waals surface area (Å²) < 4.78 is 2.45. The summed E-state index contributed by atoms with van der Waals surface area (Å²) in [6, 6.07) is 10.9. The monoisotopic (exact) mass is 338 g/mol. The summed E-state index contributed by atoms with van der Waals surface area (Å²) in [7, 11) is 0. The lowest BCUT2D eigenvalue weighted by atomic mass is 10.2. The summed E-state index contributed by atoms with van der Waals surface area (Å²) in [5.74, 6) is 1.01. The van der Waals surface area contributed by atoms with Crippen molar-refractivity contribution in [3.05, 3.63) is 36.5 Å². The average Bonchev–Trinajstić information content (AvgIpc) is 2.98. The molecule has 3 aromatic rings. The number of para-hydroxylation sites is 1. The van der Waals surface area contributed by atoms with Crippen LogP contribution in [-0.4, -0.2) is 40.6 Å². The molecule has 0 atom stereocenters. The van der Waals surface area contributed by atoms with E-state index in [0.29, 0.717) is 0 Å². The van der Waals surface area contributed by atoms with E-state index in [9.17, 15) is 0 Å². The molecule has 134 valence electrons. The van der Waals surface area contributed by atoms with Crippen molar-refractivity contribution in [2.24, 2.45) is 0 Å². The van der Waals surface area contributed by atoms with E-state index in [1.54, 1.807) is 0 Å². The van der Waals surface area contributed by atoms with Crippen molar-refractivity contribution in [2.45, 2.75) is 40.2 Å². The van der Waals surface area contributed by atoms with Gasteiger partial charge in [0.15, 0.2) is 5.82 Å². The largest absolute Gasteiger partial charge is 0.367 e. The fourth-order valence-electron chi connectivity index (χ4n) is 3.55. The van der Waals surface area contributed by atoms with E-state index in [0.717, 1.165) is 38.5 Å². The molecule has 0 saturated heterocycles. The fraction of sp³-hybridized carbons (Fsp3) is 0.476. The van der Waals surface area contributed by atoms with Crippen molar-refractivity contribution in [2.75, 3.05) is 31.5 Å². The molecule has 4 heteroatoms. The van der Waals surface area contributed by atoms with Crippen LogP contribution in [-0.2, 0) is 6.54 Å². The van der Waals surface area contributed by atoms with Gasteiger partial charge in [0.1, 0.15) is 0 Å². The molecule has 0 radical (unpaired) electrons. The van der Waals surface area contributed by atoms with Gasteiger partial charge in [-0.3, -0.25) is 0 Å². The number of aromatic nitrogens is 2. The highest BCUT2D eigenvalue weighted by molar-refractivity contribution is 6.11. The molecule has 25 heavy (non-hydrogen) atoms. The molecule has 0 saturated carbocycles. The van der Waals surface area contributed by atoms with Crippen molar-refractivity contribution in [3.63, 3.8) is 0 Å². The van der Waals surface area contributed by atoms with Crippen LogP contribution in [0.4, 0.5) is 5.82 Å². The van der Waals surface area contributed by atoms with Crippen molar-refractivity contribution in [1.29, 1.82) is 0 Å². The minimum Gasteiger partial charge on any atom is -0.367 e. The van der Waals surface area contributed by atoms with Gasteiger partial charge in [0.2, 0.25) is 0 Å². The Balaban J connectivity index is 1.98. The lowest BCUT2D eigenvalue weighted by molar-refractivity contribution is 0.316. The Morgan fingerprint density at radius 3 is 2.60 bits per heavy atom. The number of aryl methyl sites for hydroxylation is 1. The zero-order valence-electron chi connectivity index (χ0n) is 15.8. The first-order chi connectivity index (χ1) is 12.3. The van der Waals surface area contributed by atoms with Crippen molar-refractivity contribution in [3.8, 4) is 0 Å². The van der Waals surface area contributed by atoms with E-state index in [2.05, 4.69) is 70.9 Å². The van der Waals surface area contributed by atoms with E-state index >= 15 is 0 Å². The minimum atomic E-state index is 0.920. The summed E-state index contributed by atoms with van der Waals surface area (Å²) in [4.78, 5) is 7.10. The molecular formula is C21H30N4. The first kappa shape index (κ1) is 17.7. The van der Waals surface area contributed by atoms with Gasteiger partial charge in [0.05, 0.1) is 5.52 Å². The number of hydrogen-bond donors (Lipinski definition) is 1. The zero-order chi connectivity index (χ0) is 17.6. The summed E-state index contributed by atoms with van der Waals surface area (Å²) in [6.45, 7) is 11.9. The molecular weight excluding hydrogens is 308 g/mol. The number of rotatable bonds is 9. The van der Waals surface area contributed by atoms with Gasteiger partial charge in [0, 0.05) is 42.1 Å². The molecule has 0 unspecified atom stereocenters. The van der Waals surface area contributed by atoms with Gasteiger partial charge in [-0.1, -0.05) is 45.4 Å². The molecule has 2 heterocycles. The van der Waals surface area contributed by atoms with Crippen LogP contribution in [0.1, 0.15) is 33.6 Å². The van der Waals surface area contributed by atoms with Crippen LogP contribution in [0.5, 0.6) is 0 Å². The van der Waals surface area contributed by atoms with Crippen LogP contribution in [0, 0.1) is 0 Å². The maximum Gasteiger partial charge on any atom is 0.150 e. The molecule has 2 aromatic heterocycles. The Kier molecular flexibility index (Phi) is 5.92. The normalized spacial score (nSPS) is 11.7. The first-order valence-corrected chi connectivity index (χ1v) is 9.62. The average molecular weight is 338 g/mol. The van der Waals surface area contributed by atoms with Crippen molar-refractivity contribution >= 4 is 27.6 Å². The second-order valence-electron chi connectivity index (χ2n) is 6.53. The Morgan fingerprint density at radius 2 is 1.84 bits per heavy atom. The van der Waals surface area contributed by atoms with E-state index in [-0.39, 0.29) is 0 Å². The summed E-state index contributed by atoms with van der Waals surface area (Å²) in [5, 5.41) is 6.21. The van der Waals surface area contributed by atoms with Crippen LogP contribution in [0.25, 0.3) is 21.8 Å². The zero-order valence-corrected chi connectivity index (χ0v) is 15.8. The summed E-state index contributed by atoms with van der Waals surface area (Å²) >= 11 is 0. The Morgan fingerprint density at radius 1 is 1.04 bits per heavy atom. The fourth-order valence-corrected chi connectivity index (χ4v) is 3.55. The lowest BCUT2D eigenvalue weighted by Gasteiger charge is -2.18. The Labute approximate surface area is 150 Å². The number of hydrogen-bond acceptors (Lipinski definition) is 3. The standard InChI is InChI=1S/C21H30N4/c1-4-7-15-25-19-11-9-8-10-17(19)18-12-13-22-21(20(18)25)23-14-16-24(5-2)6-3/h8-13H,4-7,14-16H2,1-3H3,(H,22,23). The highest BCUT2D eigenvalue weighted by atomic mass is 15.1. The number of fused-ring (bicyclic) bond motifs is 3. The quantitative estimate of drug-likeness (QED) is 0.611. The predicted octanol–water partition coefficient (Wildman–Crippen LogP) is 4.74. The molecule has 0 aliphatic rings. The van der Waals surface area contributed by atoms with Gasteiger partial charge < -0.3 is 14.8 Å². The lowest BCUT2D eigenvalue weighted by Crippen LogP contribution is -2.28. The van der Waals surface area contributed by atoms with Gasteiger partial charge in [0.25, 0.3) is 0 Å². The second kappa shape index (κ2) is 8.34. The molecule has 0 amide bonds. The number of unbranched alkanes of at least 4 members (excludes halogenated alkanes) is 1.